The van der Waals surface area contributed by atoms with Crippen LogP contribution in [0.15, 0.2) is 42.7 Å². The molecule has 0 unspecified atom stereocenters. The van der Waals surface area contributed by atoms with Gasteiger partial charge in [0.15, 0.2) is 0 Å². The molecule has 0 fully saturated rings. The van der Waals surface area contributed by atoms with Crippen LogP contribution in [0.4, 0.5) is 23.0 Å². The third kappa shape index (κ3) is 4.72. The number of hydrogen-bond donors (Lipinski definition) is 3. The lowest BCUT2D eigenvalue weighted by Gasteiger charge is -2.21. The van der Waals surface area contributed by atoms with Crippen molar-refractivity contribution in [3.05, 3.63) is 53.9 Å². The highest BCUT2D eigenvalue weighted by Crippen LogP contribution is 2.40. The molecule has 0 spiro atoms. The Hall–Kier alpha value is -4.22. The first-order chi connectivity index (χ1) is 16.9. The molecule has 0 aliphatic heterocycles. The quantitative estimate of drug-likeness (QED) is 0.264. The van der Waals surface area contributed by atoms with Gasteiger partial charge in [0.25, 0.3) is 0 Å². The fourth-order valence-corrected chi connectivity index (χ4v) is 4.19. The molecule has 0 radical (unpaired) electrons. The molecule has 0 atom stereocenters. The van der Waals surface area contributed by atoms with Crippen LogP contribution in [0.2, 0.25) is 0 Å². The summed E-state index contributed by atoms with van der Waals surface area (Å²) in [5.74, 6) is 3.82. The van der Waals surface area contributed by atoms with Crippen LogP contribution in [0.5, 0.6) is 5.75 Å². The van der Waals surface area contributed by atoms with Gasteiger partial charge in [-0.2, -0.15) is 0 Å². The lowest BCUT2D eigenvalue weighted by Crippen LogP contribution is -2.17. The molecule has 0 amide bonds. The molecule has 4 aromatic rings. The Kier molecular flexibility index (Phi) is 6.80. The minimum Gasteiger partial charge on any atom is -0.494 e. The fourth-order valence-electron chi connectivity index (χ4n) is 4.19. The van der Waals surface area contributed by atoms with Crippen molar-refractivity contribution in [2.45, 2.75) is 6.42 Å². The normalized spacial score (nSPS) is 11.0. The molecule has 8 heteroatoms. The average Bonchev–Trinajstić information content (AvgIpc) is 3.19. The van der Waals surface area contributed by atoms with Crippen molar-refractivity contribution in [1.29, 1.82) is 0 Å². The van der Waals surface area contributed by atoms with Gasteiger partial charge in [0.05, 0.1) is 29.9 Å². The van der Waals surface area contributed by atoms with E-state index >= 15 is 0 Å². The number of fused-ring (bicyclic) bond motifs is 1. The molecule has 4 rings (SSSR count). The van der Waals surface area contributed by atoms with E-state index < -0.39 is 0 Å². The number of methoxy groups -OCH3 is 1. The van der Waals surface area contributed by atoms with E-state index in [4.69, 9.17) is 21.9 Å². The molecule has 8 nitrogen and oxygen atoms in total. The third-order valence-electron chi connectivity index (χ3n) is 6.06. The number of aromatic nitrogens is 3. The molecule has 2 heterocycles. The predicted octanol–water partition coefficient (Wildman–Crippen LogP) is 4.10. The summed E-state index contributed by atoms with van der Waals surface area (Å²) >= 11 is 0. The predicted molar refractivity (Wildman–Crippen MR) is 144 cm³/mol. The highest BCUT2D eigenvalue weighted by molar-refractivity contribution is 5.96. The Labute approximate surface area is 206 Å². The van der Waals surface area contributed by atoms with Gasteiger partial charge in [0.2, 0.25) is 5.95 Å². The second-order valence-electron chi connectivity index (χ2n) is 8.62. The van der Waals surface area contributed by atoms with Crippen molar-refractivity contribution in [3.8, 4) is 29.4 Å². The Morgan fingerprint density at radius 1 is 1.23 bits per heavy atom. The van der Waals surface area contributed by atoms with Gasteiger partial charge in [-0.25, -0.2) is 9.97 Å². The van der Waals surface area contributed by atoms with E-state index in [2.05, 4.69) is 37.2 Å². The number of nitrogen functional groups attached to an aromatic ring is 1. The van der Waals surface area contributed by atoms with E-state index in [1.165, 1.54) is 0 Å². The van der Waals surface area contributed by atoms with Crippen molar-refractivity contribution < 1.29 is 4.74 Å². The Balaban J connectivity index is 1.77. The van der Waals surface area contributed by atoms with Gasteiger partial charge in [0, 0.05) is 66.7 Å². The lowest BCUT2D eigenvalue weighted by atomic mass is 10.0. The second-order valence-corrected chi connectivity index (χ2v) is 8.62. The van der Waals surface area contributed by atoms with Crippen molar-refractivity contribution in [3.63, 3.8) is 0 Å². The summed E-state index contributed by atoms with van der Waals surface area (Å²) in [4.78, 5) is 11.4. The van der Waals surface area contributed by atoms with Crippen LogP contribution in [0.1, 0.15) is 11.1 Å². The number of anilines is 4. The average molecular weight is 470 g/mol. The van der Waals surface area contributed by atoms with Crippen LogP contribution in [0, 0.1) is 12.3 Å². The topological polar surface area (TPSA) is 93.3 Å². The van der Waals surface area contributed by atoms with Crippen LogP contribution in [-0.4, -0.2) is 54.2 Å². The maximum atomic E-state index is 6.53. The van der Waals surface area contributed by atoms with Crippen LogP contribution >= 0.6 is 0 Å². The van der Waals surface area contributed by atoms with Crippen molar-refractivity contribution >= 4 is 33.9 Å². The molecule has 0 saturated carbocycles. The maximum Gasteiger partial charge on any atom is 0.227 e. The number of benzene rings is 2. The number of rotatable bonds is 8. The van der Waals surface area contributed by atoms with E-state index in [1.54, 1.807) is 13.3 Å². The summed E-state index contributed by atoms with van der Waals surface area (Å²) < 4.78 is 7.77. The first kappa shape index (κ1) is 23.9. The number of hydrogen-bond acceptors (Lipinski definition) is 7. The van der Waals surface area contributed by atoms with Crippen LogP contribution in [0.25, 0.3) is 22.2 Å². The van der Waals surface area contributed by atoms with Gasteiger partial charge in [0.1, 0.15) is 5.75 Å². The number of nitrogens with one attached hydrogen (secondary N) is 2. The molecule has 35 heavy (non-hydrogen) atoms. The van der Waals surface area contributed by atoms with Gasteiger partial charge in [-0.3, -0.25) is 0 Å². The molecule has 0 aliphatic carbocycles. The number of nitrogens with two attached hydrogens (primary N) is 1. The standard InChI is InChI=1S/C27H31N7O/c1-7-17-8-9-18-20(16-34(5)23(18)14-17)21-10-12-30-27(31-21)32-26-19(11-13-33(3)4)25(28)22(29-2)15-24(26)35-6/h1,8-10,12,14-16,29H,11,13,28H2,2-6H3,(H,30,31,32). The SMILES string of the molecule is C#Cc1ccc2c(-c3ccnc(Nc4c(OC)cc(NC)c(N)c4CCN(C)C)n3)cn(C)c2c1. The highest BCUT2D eigenvalue weighted by Gasteiger charge is 2.19. The lowest BCUT2D eigenvalue weighted by molar-refractivity contribution is 0.409. The minimum atomic E-state index is 0.459. The van der Waals surface area contributed by atoms with Crippen molar-refractivity contribution in [2.75, 3.05) is 51.2 Å². The molecular weight excluding hydrogens is 438 g/mol. The number of nitrogens with zero attached hydrogens (tertiary/aromatic N) is 4. The summed E-state index contributed by atoms with van der Waals surface area (Å²) in [6.07, 6.45) is 10.1. The Morgan fingerprint density at radius 3 is 2.71 bits per heavy atom. The molecule has 0 saturated heterocycles. The Bertz CT molecular complexity index is 1420. The number of aryl methyl sites for hydroxylation is 1. The molecular formula is C27H31N7O. The summed E-state index contributed by atoms with van der Waals surface area (Å²) in [7, 11) is 9.55. The van der Waals surface area contributed by atoms with Gasteiger partial charge in [-0.15, -0.1) is 6.42 Å². The van der Waals surface area contributed by atoms with Crippen LogP contribution < -0.4 is 21.1 Å². The van der Waals surface area contributed by atoms with Gasteiger partial charge < -0.3 is 30.6 Å². The number of likely N-dealkylation sites (N-methyl/N-ethyl adjacent to an activating group) is 1. The first-order valence-electron chi connectivity index (χ1n) is 11.3. The smallest absolute Gasteiger partial charge is 0.227 e. The molecule has 2 aromatic heterocycles. The second kappa shape index (κ2) is 9.95. The first-order valence-corrected chi connectivity index (χ1v) is 11.3. The van der Waals surface area contributed by atoms with E-state index in [0.29, 0.717) is 17.4 Å². The number of terminal acetylenes is 1. The molecule has 0 aliphatic rings. The monoisotopic (exact) mass is 469 g/mol. The zero-order valence-corrected chi connectivity index (χ0v) is 20.8. The van der Waals surface area contributed by atoms with Crippen molar-refractivity contribution in [2.24, 2.45) is 7.05 Å². The van der Waals surface area contributed by atoms with E-state index in [-0.39, 0.29) is 0 Å². The van der Waals surface area contributed by atoms with Gasteiger partial charge in [-0.1, -0.05) is 12.0 Å². The van der Waals surface area contributed by atoms with Gasteiger partial charge >= 0.3 is 0 Å². The minimum absolute atomic E-state index is 0.459. The number of ether oxygens (including phenoxy) is 1. The van der Waals surface area contributed by atoms with Crippen LogP contribution in [-0.2, 0) is 13.5 Å². The highest BCUT2D eigenvalue weighted by atomic mass is 16.5. The van der Waals surface area contributed by atoms with Crippen LogP contribution in [0.3, 0.4) is 0 Å². The molecule has 2 aromatic carbocycles. The Morgan fingerprint density at radius 2 is 2.03 bits per heavy atom. The third-order valence-corrected chi connectivity index (χ3v) is 6.06. The van der Waals surface area contributed by atoms with E-state index in [9.17, 15) is 0 Å². The summed E-state index contributed by atoms with van der Waals surface area (Å²) in [6.45, 7) is 0.825. The van der Waals surface area contributed by atoms with E-state index in [0.717, 1.165) is 57.6 Å². The zero-order chi connectivity index (χ0) is 25.1. The van der Waals surface area contributed by atoms with E-state index in [1.807, 2.05) is 58.5 Å². The molecule has 4 N–H and O–H groups in total. The molecule has 0 bridgehead atoms. The summed E-state index contributed by atoms with van der Waals surface area (Å²) in [5, 5.41) is 7.61. The fraction of sp³-hybridized carbons (Fsp3) is 0.259. The van der Waals surface area contributed by atoms with Crippen molar-refractivity contribution in [1.82, 2.24) is 19.4 Å². The summed E-state index contributed by atoms with van der Waals surface area (Å²) in [5.41, 5.74) is 13.4. The zero-order valence-electron chi connectivity index (χ0n) is 20.8. The largest absolute Gasteiger partial charge is 0.494 e. The summed E-state index contributed by atoms with van der Waals surface area (Å²) in [6, 6.07) is 9.77. The maximum absolute atomic E-state index is 6.53. The van der Waals surface area contributed by atoms with Gasteiger partial charge in [-0.05, 0) is 38.7 Å². The molecule has 180 valence electrons.